The molecule has 0 heterocycles. The summed E-state index contributed by atoms with van der Waals surface area (Å²) in [4.78, 5) is 39.3. The zero-order chi connectivity index (χ0) is 23.6. The van der Waals surface area contributed by atoms with E-state index in [4.69, 9.17) is 0 Å². The number of benzene rings is 2. The van der Waals surface area contributed by atoms with Crippen molar-refractivity contribution in [3.05, 3.63) is 71.8 Å². The van der Waals surface area contributed by atoms with E-state index in [1.165, 1.54) is 6.08 Å². The molecule has 1 atom stereocenters. The van der Waals surface area contributed by atoms with E-state index in [1.54, 1.807) is 11.0 Å². The van der Waals surface area contributed by atoms with E-state index in [1.807, 2.05) is 43.3 Å². The number of aryl methyl sites for hydroxylation is 1. The minimum Gasteiger partial charge on any atom is -0.481 e. The first-order valence-electron chi connectivity index (χ1n) is 11.7. The molecule has 0 aromatic heterocycles. The molecule has 1 amide bonds. The summed E-state index contributed by atoms with van der Waals surface area (Å²) in [5, 5.41) is 10.5. The van der Waals surface area contributed by atoms with Gasteiger partial charge in [0.1, 0.15) is 5.92 Å². The van der Waals surface area contributed by atoms with E-state index in [9.17, 15) is 19.5 Å². The molecule has 2 aliphatic rings. The number of amides is 1. The highest BCUT2D eigenvalue weighted by Crippen LogP contribution is 2.48. The third-order valence-electron chi connectivity index (χ3n) is 7.38. The number of carbonyl (C=O) groups excluding carboxylic acids is 2. The lowest BCUT2D eigenvalue weighted by Crippen LogP contribution is -2.53. The summed E-state index contributed by atoms with van der Waals surface area (Å²) in [7, 11) is 0. The smallest absolute Gasteiger partial charge is 0.313 e. The van der Waals surface area contributed by atoms with Crippen LogP contribution in [-0.4, -0.2) is 40.3 Å². The Morgan fingerprint density at radius 3 is 2.48 bits per heavy atom. The van der Waals surface area contributed by atoms with Gasteiger partial charge in [-0.1, -0.05) is 55.8 Å². The Kier molecular flexibility index (Phi) is 6.50. The van der Waals surface area contributed by atoms with Crippen LogP contribution in [0.1, 0.15) is 65.9 Å². The van der Waals surface area contributed by atoms with E-state index in [2.05, 4.69) is 6.58 Å². The Labute approximate surface area is 195 Å². The van der Waals surface area contributed by atoms with Crippen molar-refractivity contribution in [2.24, 2.45) is 5.92 Å². The lowest BCUT2D eigenvalue weighted by atomic mass is 9.74. The fourth-order valence-corrected chi connectivity index (χ4v) is 5.47. The lowest BCUT2D eigenvalue weighted by Gasteiger charge is -2.44. The third-order valence-corrected chi connectivity index (χ3v) is 7.38. The Balaban J connectivity index is 1.84. The first-order valence-corrected chi connectivity index (χ1v) is 11.7. The molecule has 0 spiro atoms. The van der Waals surface area contributed by atoms with Crippen LogP contribution in [0.25, 0.3) is 11.1 Å². The highest BCUT2D eigenvalue weighted by Gasteiger charge is 2.51. The predicted octanol–water partition coefficient (Wildman–Crippen LogP) is 5.38. The van der Waals surface area contributed by atoms with E-state index >= 15 is 0 Å². The van der Waals surface area contributed by atoms with Crippen LogP contribution >= 0.6 is 0 Å². The maximum Gasteiger partial charge on any atom is 0.313 e. The van der Waals surface area contributed by atoms with E-state index in [0.29, 0.717) is 36.4 Å². The first-order chi connectivity index (χ1) is 15.9. The highest BCUT2D eigenvalue weighted by molar-refractivity contribution is 6.08. The number of hydrogen-bond donors (Lipinski definition) is 1. The number of rotatable bonds is 10. The van der Waals surface area contributed by atoms with Gasteiger partial charge in [0.25, 0.3) is 0 Å². The van der Waals surface area contributed by atoms with Crippen LogP contribution in [0.2, 0.25) is 0 Å². The monoisotopic (exact) mass is 445 g/mol. The van der Waals surface area contributed by atoms with Gasteiger partial charge in [-0.15, -0.1) is 0 Å². The number of aliphatic carboxylic acids is 1. The fourth-order valence-electron chi connectivity index (χ4n) is 5.47. The van der Waals surface area contributed by atoms with Crippen LogP contribution in [0.3, 0.4) is 0 Å². The molecule has 0 aliphatic heterocycles. The molecule has 5 nitrogen and oxygen atoms in total. The number of carbonyl (C=O) groups is 3. The molecule has 0 saturated heterocycles. The number of hydrogen-bond acceptors (Lipinski definition) is 3. The Hall–Kier alpha value is -3.21. The van der Waals surface area contributed by atoms with Crippen molar-refractivity contribution < 1.29 is 19.5 Å². The molecule has 172 valence electrons. The molecule has 2 fully saturated rings. The van der Waals surface area contributed by atoms with Gasteiger partial charge in [-0.3, -0.25) is 14.4 Å². The minimum atomic E-state index is -0.907. The minimum absolute atomic E-state index is 0.175. The molecule has 2 saturated carbocycles. The van der Waals surface area contributed by atoms with Crippen LogP contribution in [0.5, 0.6) is 0 Å². The van der Waals surface area contributed by atoms with Gasteiger partial charge in [-0.25, -0.2) is 0 Å². The maximum absolute atomic E-state index is 12.8. The van der Waals surface area contributed by atoms with Crippen LogP contribution in [0.15, 0.2) is 55.1 Å². The fraction of sp³-hybridized carbons (Fsp3) is 0.393. The second-order valence-corrected chi connectivity index (χ2v) is 9.47. The van der Waals surface area contributed by atoms with E-state index in [0.717, 1.165) is 48.8 Å². The van der Waals surface area contributed by atoms with Gasteiger partial charge in [0.15, 0.2) is 5.78 Å². The third kappa shape index (κ3) is 4.37. The SMILES string of the molecule is C=CC(=O)c1ccccc1-c1ccc(C)c(C(C(=O)O)C2(N(C=O)CC3CC3)CCCC2)c1. The number of carboxylic acids is 1. The molecule has 0 bridgehead atoms. The highest BCUT2D eigenvalue weighted by atomic mass is 16.4. The van der Waals surface area contributed by atoms with Gasteiger partial charge in [0, 0.05) is 12.1 Å². The molecule has 1 N–H and O–H groups in total. The summed E-state index contributed by atoms with van der Waals surface area (Å²) < 4.78 is 0. The molecule has 1 unspecified atom stereocenters. The standard InChI is InChI=1S/C28H31NO4/c1-3-25(31)23-9-5-4-8-22(23)21-13-10-19(2)24(16-21)26(27(32)33)28(14-6-7-15-28)29(18-30)17-20-11-12-20/h3-5,8-10,13,16,18,20,26H,1,6-7,11-12,14-15,17H2,2H3,(H,32,33). The largest absolute Gasteiger partial charge is 0.481 e. The molecule has 4 rings (SSSR count). The molecular formula is C28H31NO4. The van der Waals surface area contributed by atoms with Gasteiger partial charge in [0.05, 0.1) is 5.54 Å². The average Bonchev–Trinajstić information content (AvgIpc) is 3.52. The molecule has 2 aromatic rings. The number of ketones is 1. The summed E-state index contributed by atoms with van der Waals surface area (Å²) in [6.45, 7) is 6.16. The van der Waals surface area contributed by atoms with E-state index < -0.39 is 17.4 Å². The van der Waals surface area contributed by atoms with Gasteiger partial charge in [-0.05, 0) is 72.9 Å². The van der Waals surface area contributed by atoms with Gasteiger partial charge >= 0.3 is 5.97 Å². The second-order valence-electron chi connectivity index (χ2n) is 9.47. The summed E-state index contributed by atoms with van der Waals surface area (Å²) in [5.41, 5.74) is 2.94. The van der Waals surface area contributed by atoms with Gasteiger partial charge in [-0.2, -0.15) is 0 Å². The van der Waals surface area contributed by atoms with Crippen molar-refractivity contribution in [2.75, 3.05) is 6.54 Å². The van der Waals surface area contributed by atoms with Crippen molar-refractivity contribution in [3.63, 3.8) is 0 Å². The van der Waals surface area contributed by atoms with Crippen molar-refractivity contribution in [3.8, 4) is 11.1 Å². The van der Waals surface area contributed by atoms with E-state index in [-0.39, 0.29) is 5.78 Å². The lowest BCUT2D eigenvalue weighted by molar-refractivity contribution is -0.145. The zero-order valence-corrected chi connectivity index (χ0v) is 19.1. The van der Waals surface area contributed by atoms with Crippen LogP contribution in [0, 0.1) is 12.8 Å². The predicted molar refractivity (Wildman–Crippen MR) is 128 cm³/mol. The molecule has 2 aromatic carbocycles. The molecule has 2 aliphatic carbocycles. The number of nitrogens with zero attached hydrogens (tertiary/aromatic N) is 1. The summed E-state index contributed by atoms with van der Waals surface area (Å²) in [6, 6.07) is 13.1. The Morgan fingerprint density at radius 1 is 1.18 bits per heavy atom. The van der Waals surface area contributed by atoms with Gasteiger partial charge < -0.3 is 10.0 Å². The van der Waals surface area contributed by atoms with Crippen molar-refractivity contribution >= 4 is 18.2 Å². The molecular weight excluding hydrogens is 414 g/mol. The second kappa shape index (κ2) is 9.34. The summed E-state index contributed by atoms with van der Waals surface area (Å²) >= 11 is 0. The average molecular weight is 446 g/mol. The Morgan fingerprint density at radius 2 is 1.88 bits per heavy atom. The van der Waals surface area contributed by atoms with Crippen LogP contribution in [0.4, 0.5) is 0 Å². The van der Waals surface area contributed by atoms with Crippen molar-refractivity contribution in [2.45, 2.75) is 56.9 Å². The van der Waals surface area contributed by atoms with Gasteiger partial charge in [0.2, 0.25) is 6.41 Å². The first kappa shape index (κ1) is 23.0. The van der Waals surface area contributed by atoms with Crippen LogP contribution < -0.4 is 0 Å². The quantitative estimate of drug-likeness (QED) is 0.303. The number of allylic oxidation sites excluding steroid dienone is 1. The summed E-state index contributed by atoms with van der Waals surface area (Å²) in [6.07, 6.45) is 7.55. The zero-order valence-electron chi connectivity index (χ0n) is 19.1. The molecule has 0 radical (unpaired) electrons. The van der Waals surface area contributed by atoms with Crippen LogP contribution in [-0.2, 0) is 9.59 Å². The normalized spacial score (nSPS) is 17.8. The van der Waals surface area contributed by atoms with Crippen molar-refractivity contribution in [1.82, 2.24) is 4.90 Å². The Bertz CT molecular complexity index is 1080. The van der Waals surface area contributed by atoms with Crippen molar-refractivity contribution in [1.29, 1.82) is 0 Å². The maximum atomic E-state index is 12.8. The summed E-state index contributed by atoms with van der Waals surface area (Å²) in [5.74, 6) is -1.43. The molecule has 5 heteroatoms. The topological polar surface area (TPSA) is 74.7 Å². The number of carboxylic acid groups (broad SMARTS) is 1. The molecule has 33 heavy (non-hydrogen) atoms.